The lowest BCUT2D eigenvalue weighted by molar-refractivity contribution is 0.0550. The second kappa shape index (κ2) is 5.10. The average molecular weight is 200 g/mol. The maximum atomic E-state index is 9.33. The van der Waals surface area contributed by atoms with Gasteiger partial charge >= 0.3 is 0 Å². The summed E-state index contributed by atoms with van der Waals surface area (Å²) in [5, 5.41) is 9.33. The summed E-state index contributed by atoms with van der Waals surface area (Å²) in [6.07, 6.45) is 0.705. The Morgan fingerprint density at radius 3 is 2.50 bits per heavy atom. The van der Waals surface area contributed by atoms with E-state index in [1.807, 2.05) is 6.92 Å². The van der Waals surface area contributed by atoms with Crippen LogP contribution in [0.5, 0.6) is 0 Å². The third kappa shape index (κ3) is 3.23. The van der Waals surface area contributed by atoms with Gasteiger partial charge in [-0.05, 0) is 34.2 Å². The molecule has 0 aromatic heterocycles. The van der Waals surface area contributed by atoms with Gasteiger partial charge in [-0.3, -0.25) is 4.90 Å². The Balaban J connectivity index is 2.38. The molecule has 1 fully saturated rings. The molecule has 3 nitrogen and oxygen atoms in total. The SMILES string of the molecule is CC(O)CC(C)N1CCN(C)C(C)C1. The summed E-state index contributed by atoms with van der Waals surface area (Å²) in [5.74, 6) is 0. The molecule has 0 aromatic rings. The Hall–Kier alpha value is -0.120. The van der Waals surface area contributed by atoms with Gasteiger partial charge in [-0.2, -0.15) is 0 Å². The molecule has 1 rings (SSSR count). The van der Waals surface area contributed by atoms with Crippen molar-refractivity contribution < 1.29 is 5.11 Å². The topological polar surface area (TPSA) is 26.7 Å². The van der Waals surface area contributed by atoms with Gasteiger partial charge in [0, 0.05) is 31.7 Å². The van der Waals surface area contributed by atoms with Gasteiger partial charge in [0.05, 0.1) is 6.10 Å². The largest absolute Gasteiger partial charge is 0.393 e. The van der Waals surface area contributed by atoms with E-state index in [0.29, 0.717) is 12.1 Å². The first kappa shape index (κ1) is 12.0. The number of aliphatic hydroxyl groups is 1. The van der Waals surface area contributed by atoms with Crippen molar-refractivity contribution >= 4 is 0 Å². The van der Waals surface area contributed by atoms with Crippen LogP contribution >= 0.6 is 0 Å². The zero-order valence-electron chi connectivity index (χ0n) is 9.90. The molecule has 0 radical (unpaired) electrons. The fourth-order valence-corrected chi connectivity index (χ4v) is 2.12. The Morgan fingerprint density at radius 2 is 2.00 bits per heavy atom. The Morgan fingerprint density at radius 1 is 1.36 bits per heavy atom. The van der Waals surface area contributed by atoms with Crippen LogP contribution in [-0.2, 0) is 0 Å². The molecule has 0 amide bonds. The van der Waals surface area contributed by atoms with E-state index < -0.39 is 0 Å². The molecule has 1 N–H and O–H groups in total. The fraction of sp³-hybridized carbons (Fsp3) is 1.00. The van der Waals surface area contributed by atoms with E-state index in [1.54, 1.807) is 0 Å². The zero-order chi connectivity index (χ0) is 10.7. The van der Waals surface area contributed by atoms with Crippen molar-refractivity contribution in [3.63, 3.8) is 0 Å². The predicted octanol–water partition coefficient (Wildman–Crippen LogP) is 0.782. The van der Waals surface area contributed by atoms with Gasteiger partial charge in [-0.1, -0.05) is 0 Å². The molecule has 0 aromatic carbocycles. The molecule has 3 unspecified atom stereocenters. The Labute approximate surface area is 87.7 Å². The summed E-state index contributed by atoms with van der Waals surface area (Å²) < 4.78 is 0. The molecule has 3 atom stereocenters. The van der Waals surface area contributed by atoms with Crippen molar-refractivity contribution in [2.75, 3.05) is 26.7 Å². The minimum absolute atomic E-state index is 0.181. The fourth-order valence-electron chi connectivity index (χ4n) is 2.12. The highest BCUT2D eigenvalue weighted by Crippen LogP contribution is 2.13. The number of hydrogen-bond donors (Lipinski definition) is 1. The minimum Gasteiger partial charge on any atom is -0.393 e. The first-order chi connectivity index (χ1) is 6.50. The van der Waals surface area contributed by atoms with Crippen molar-refractivity contribution in [1.82, 2.24) is 9.80 Å². The standard InChI is InChI=1S/C11H24N2O/c1-9(7-11(3)14)13-6-5-12(4)10(2)8-13/h9-11,14H,5-8H2,1-4H3. The molecule has 84 valence electrons. The van der Waals surface area contributed by atoms with Crippen LogP contribution in [0.1, 0.15) is 27.2 Å². The van der Waals surface area contributed by atoms with E-state index in [0.717, 1.165) is 26.1 Å². The molecule has 0 bridgehead atoms. The number of likely N-dealkylation sites (N-methyl/N-ethyl adjacent to an activating group) is 1. The number of piperazine rings is 1. The van der Waals surface area contributed by atoms with Crippen LogP contribution in [0.15, 0.2) is 0 Å². The van der Waals surface area contributed by atoms with Crippen molar-refractivity contribution in [2.24, 2.45) is 0 Å². The van der Waals surface area contributed by atoms with E-state index in [-0.39, 0.29) is 6.10 Å². The first-order valence-electron chi connectivity index (χ1n) is 5.63. The Kier molecular flexibility index (Phi) is 4.35. The summed E-state index contributed by atoms with van der Waals surface area (Å²) in [6, 6.07) is 1.14. The molecule has 1 heterocycles. The lowest BCUT2D eigenvalue weighted by Crippen LogP contribution is -2.53. The molecule has 14 heavy (non-hydrogen) atoms. The minimum atomic E-state index is -0.181. The molecule has 1 saturated heterocycles. The third-order valence-electron chi connectivity index (χ3n) is 3.30. The maximum Gasteiger partial charge on any atom is 0.0526 e. The smallest absolute Gasteiger partial charge is 0.0526 e. The molecule has 1 aliphatic heterocycles. The summed E-state index contributed by atoms with van der Waals surface area (Å²) >= 11 is 0. The van der Waals surface area contributed by atoms with Crippen molar-refractivity contribution in [3.05, 3.63) is 0 Å². The monoisotopic (exact) mass is 200 g/mol. The zero-order valence-corrected chi connectivity index (χ0v) is 9.90. The quantitative estimate of drug-likeness (QED) is 0.729. The summed E-state index contributed by atoms with van der Waals surface area (Å²) in [5.41, 5.74) is 0. The summed E-state index contributed by atoms with van der Waals surface area (Å²) in [6.45, 7) is 9.76. The van der Waals surface area contributed by atoms with Crippen LogP contribution in [0.3, 0.4) is 0 Å². The van der Waals surface area contributed by atoms with Gasteiger partial charge in [-0.15, -0.1) is 0 Å². The van der Waals surface area contributed by atoms with E-state index in [9.17, 15) is 5.11 Å². The van der Waals surface area contributed by atoms with Crippen LogP contribution in [0, 0.1) is 0 Å². The maximum absolute atomic E-state index is 9.33. The molecular formula is C11H24N2O. The Bertz CT molecular complexity index is 173. The van der Waals surface area contributed by atoms with E-state index >= 15 is 0 Å². The van der Waals surface area contributed by atoms with Crippen molar-refractivity contribution in [1.29, 1.82) is 0 Å². The number of hydrogen-bond acceptors (Lipinski definition) is 3. The number of nitrogens with zero attached hydrogens (tertiary/aromatic N) is 2. The predicted molar refractivity (Wildman–Crippen MR) is 59.4 cm³/mol. The molecule has 0 saturated carbocycles. The molecular weight excluding hydrogens is 176 g/mol. The third-order valence-corrected chi connectivity index (χ3v) is 3.30. The van der Waals surface area contributed by atoms with Crippen molar-refractivity contribution in [2.45, 2.75) is 45.4 Å². The van der Waals surface area contributed by atoms with Gasteiger partial charge in [0.1, 0.15) is 0 Å². The number of aliphatic hydroxyl groups excluding tert-OH is 1. The van der Waals surface area contributed by atoms with Crippen LogP contribution in [-0.4, -0.2) is 59.8 Å². The molecule has 0 aliphatic carbocycles. The second-order valence-corrected chi connectivity index (χ2v) is 4.76. The molecule has 1 aliphatic rings. The number of rotatable bonds is 3. The highest BCUT2D eigenvalue weighted by molar-refractivity contribution is 4.80. The van der Waals surface area contributed by atoms with E-state index in [1.165, 1.54) is 0 Å². The van der Waals surface area contributed by atoms with Crippen LogP contribution < -0.4 is 0 Å². The van der Waals surface area contributed by atoms with Crippen LogP contribution in [0.25, 0.3) is 0 Å². The normalized spacial score (nSPS) is 30.2. The van der Waals surface area contributed by atoms with E-state index in [2.05, 4.69) is 30.7 Å². The summed E-state index contributed by atoms with van der Waals surface area (Å²) in [4.78, 5) is 4.88. The lowest BCUT2D eigenvalue weighted by atomic mass is 10.1. The highest BCUT2D eigenvalue weighted by Gasteiger charge is 2.24. The average Bonchev–Trinajstić information content (AvgIpc) is 2.08. The first-order valence-corrected chi connectivity index (χ1v) is 5.63. The molecule has 3 heteroatoms. The van der Waals surface area contributed by atoms with E-state index in [4.69, 9.17) is 0 Å². The second-order valence-electron chi connectivity index (χ2n) is 4.76. The lowest BCUT2D eigenvalue weighted by Gasteiger charge is -2.41. The van der Waals surface area contributed by atoms with Crippen molar-refractivity contribution in [3.8, 4) is 0 Å². The van der Waals surface area contributed by atoms with Gasteiger partial charge in [0.2, 0.25) is 0 Å². The summed E-state index contributed by atoms with van der Waals surface area (Å²) in [7, 11) is 2.18. The van der Waals surface area contributed by atoms with Crippen LogP contribution in [0.2, 0.25) is 0 Å². The van der Waals surface area contributed by atoms with Gasteiger partial charge in [0.15, 0.2) is 0 Å². The molecule has 0 spiro atoms. The van der Waals surface area contributed by atoms with Gasteiger partial charge in [0.25, 0.3) is 0 Å². The van der Waals surface area contributed by atoms with Gasteiger partial charge in [-0.25, -0.2) is 0 Å². The van der Waals surface area contributed by atoms with Gasteiger partial charge < -0.3 is 10.0 Å². The van der Waals surface area contributed by atoms with Crippen LogP contribution in [0.4, 0.5) is 0 Å². The highest BCUT2D eigenvalue weighted by atomic mass is 16.3.